The number of alkyl halides is 3. The number of carbonyl (C=O) groups excluding carboxylic acids is 1. The van der Waals surface area contributed by atoms with Crippen molar-refractivity contribution in [2.45, 2.75) is 12.8 Å². The molecule has 0 bridgehead atoms. The highest BCUT2D eigenvalue weighted by atomic mass is 19.4. The van der Waals surface area contributed by atoms with E-state index in [1.165, 1.54) is 18.3 Å². The van der Waals surface area contributed by atoms with Crippen molar-refractivity contribution in [1.82, 2.24) is 20.1 Å². The van der Waals surface area contributed by atoms with Crippen molar-refractivity contribution in [1.29, 1.82) is 0 Å². The summed E-state index contributed by atoms with van der Waals surface area (Å²) in [4.78, 5) is 23.3. The zero-order valence-corrected chi connectivity index (χ0v) is 15.1. The van der Waals surface area contributed by atoms with Crippen molar-refractivity contribution in [3.63, 3.8) is 0 Å². The molecule has 0 aliphatic carbocycles. The quantitative estimate of drug-likeness (QED) is 0.525. The van der Waals surface area contributed by atoms with Gasteiger partial charge in [0, 0.05) is 23.3 Å². The van der Waals surface area contributed by atoms with E-state index in [0.29, 0.717) is 0 Å². The van der Waals surface area contributed by atoms with Gasteiger partial charge in [0.25, 0.3) is 0 Å². The van der Waals surface area contributed by atoms with Gasteiger partial charge in [-0.2, -0.15) is 18.2 Å². The average molecular weight is 415 g/mol. The van der Waals surface area contributed by atoms with Crippen molar-refractivity contribution in [2.24, 2.45) is 0 Å². The van der Waals surface area contributed by atoms with Crippen molar-refractivity contribution in [3.8, 4) is 11.5 Å². The number of ether oxygens (including phenoxy) is 1. The van der Waals surface area contributed by atoms with Gasteiger partial charge in [0.15, 0.2) is 0 Å². The van der Waals surface area contributed by atoms with Crippen molar-refractivity contribution >= 4 is 22.6 Å². The molecule has 1 N–H and O–H groups in total. The number of carbonyl (C=O) groups is 1. The maximum absolute atomic E-state index is 12.5. The molecule has 1 aromatic carbocycles. The average Bonchev–Trinajstić information content (AvgIpc) is 3.24. The van der Waals surface area contributed by atoms with E-state index >= 15 is 0 Å². The Morgan fingerprint density at radius 3 is 2.67 bits per heavy atom. The third-order valence-corrected chi connectivity index (χ3v) is 4.02. The highest BCUT2D eigenvalue weighted by molar-refractivity contribution is 5.86. The Labute approximate surface area is 166 Å². The Hall–Kier alpha value is -4.02. The van der Waals surface area contributed by atoms with E-state index in [-0.39, 0.29) is 23.8 Å². The molecule has 0 atom stereocenters. The van der Waals surface area contributed by atoms with Gasteiger partial charge >= 0.3 is 18.2 Å². The van der Waals surface area contributed by atoms with E-state index in [1.54, 1.807) is 12.4 Å². The van der Waals surface area contributed by atoms with E-state index in [2.05, 4.69) is 29.9 Å². The van der Waals surface area contributed by atoms with Gasteiger partial charge in [0.1, 0.15) is 12.3 Å². The Balaban J connectivity index is 1.38. The van der Waals surface area contributed by atoms with Crippen molar-refractivity contribution in [2.75, 3.05) is 5.32 Å². The molecule has 30 heavy (non-hydrogen) atoms. The van der Waals surface area contributed by atoms with Gasteiger partial charge in [-0.05, 0) is 17.5 Å². The van der Waals surface area contributed by atoms with E-state index in [4.69, 9.17) is 4.74 Å². The lowest BCUT2D eigenvalue weighted by molar-refractivity contribution is -0.159. The minimum Gasteiger partial charge on any atom is -0.444 e. The second-order valence-corrected chi connectivity index (χ2v) is 6.07. The predicted octanol–water partition coefficient (Wildman–Crippen LogP) is 4.45. The fourth-order valence-corrected chi connectivity index (χ4v) is 2.63. The summed E-state index contributed by atoms with van der Waals surface area (Å²) in [7, 11) is 0. The Kier molecular flexibility index (Phi) is 5.00. The number of anilines is 1. The number of hydrogen-bond donors (Lipinski definition) is 1. The lowest BCUT2D eigenvalue weighted by atomic mass is 10.1. The van der Waals surface area contributed by atoms with Crippen LogP contribution in [0.3, 0.4) is 0 Å². The number of pyridine rings is 2. The fraction of sp³-hybridized carbons (Fsp3) is 0.105. The molecule has 4 rings (SSSR count). The number of hydrogen-bond acceptors (Lipinski definition) is 7. The first-order valence-electron chi connectivity index (χ1n) is 8.53. The van der Waals surface area contributed by atoms with Crippen LogP contribution in [0.4, 0.5) is 23.7 Å². The molecule has 11 heteroatoms. The second-order valence-electron chi connectivity index (χ2n) is 6.07. The van der Waals surface area contributed by atoms with Gasteiger partial charge in [-0.1, -0.05) is 29.4 Å². The van der Waals surface area contributed by atoms with Gasteiger partial charge < -0.3 is 9.26 Å². The molecule has 0 fully saturated rings. The van der Waals surface area contributed by atoms with E-state index < -0.39 is 18.2 Å². The number of halogens is 3. The van der Waals surface area contributed by atoms with Gasteiger partial charge in [0.05, 0.1) is 11.9 Å². The molecule has 1 amide bonds. The van der Waals surface area contributed by atoms with E-state index in [0.717, 1.165) is 16.3 Å². The molecule has 0 saturated heterocycles. The topological polar surface area (TPSA) is 103 Å². The van der Waals surface area contributed by atoms with Crippen molar-refractivity contribution < 1.29 is 27.2 Å². The third kappa shape index (κ3) is 4.19. The van der Waals surface area contributed by atoms with Crippen LogP contribution in [0.2, 0.25) is 0 Å². The maximum Gasteiger partial charge on any atom is 0.471 e. The van der Waals surface area contributed by atoms with Crippen LogP contribution in [0.5, 0.6) is 0 Å². The number of aromatic nitrogens is 4. The highest BCUT2D eigenvalue weighted by Crippen LogP contribution is 2.29. The first kappa shape index (κ1) is 19.3. The summed E-state index contributed by atoms with van der Waals surface area (Å²) in [6, 6.07) is 10.3. The van der Waals surface area contributed by atoms with Gasteiger partial charge in [-0.25, -0.2) is 4.79 Å². The summed E-state index contributed by atoms with van der Waals surface area (Å²) in [5, 5.41) is 7.57. The Morgan fingerprint density at radius 2 is 1.93 bits per heavy atom. The molecule has 152 valence electrons. The first-order chi connectivity index (χ1) is 14.4. The number of amides is 1. The minimum absolute atomic E-state index is 0.00871. The van der Waals surface area contributed by atoms with Crippen LogP contribution in [0.1, 0.15) is 11.5 Å². The van der Waals surface area contributed by atoms with Crippen LogP contribution in [0, 0.1) is 0 Å². The predicted molar refractivity (Wildman–Crippen MR) is 98.1 cm³/mol. The molecule has 3 aromatic heterocycles. The van der Waals surface area contributed by atoms with E-state index in [9.17, 15) is 18.0 Å². The van der Waals surface area contributed by atoms with Gasteiger partial charge in [-0.3, -0.25) is 15.3 Å². The Bertz CT molecular complexity index is 1190. The summed E-state index contributed by atoms with van der Waals surface area (Å²) < 4.78 is 46.9. The SMILES string of the molecule is O=C(Nc1ccc(-c2noc(C(F)(F)F)n2)nc1)OCc1cncc2ccccc12. The molecule has 0 radical (unpaired) electrons. The molecular weight excluding hydrogens is 403 g/mol. The normalized spacial score (nSPS) is 11.4. The highest BCUT2D eigenvalue weighted by Gasteiger charge is 2.38. The first-order valence-corrected chi connectivity index (χ1v) is 8.53. The van der Waals surface area contributed by atoms with Crippen LogP contribution in [0.25, 0.3) is 22.3 Å². The number of benzene rings is 1. The summed E-state index contributed by atoms with van der Waals surface area (Å²) in [5.74, 6) is -1.78. The van der Waals surface area contributed by atoms with E-state index in [1.807, 2.05) is 24.3 Å². The van der Waals surface area contributed by atoms with Gasteiger partial charge in [-0.15, -0.1) is 0 Å². The fourth-order valence-electron chi connectivity index (χ4n) is 2.63. The maximum atomic E-state index is 12.5. The van der Waals surface area contributed by atoms with Gasteiger partial charge in [0.2, 0.25) is 5.82 Å². The summed E-state index contributed by atoms with van der Waals surface area (Å²) in [6.07, 6.45) is -0.897. The third-order valence-electron chi connectivity index (χ3n) is 4.02. The molecule has 3 heterocycles. The monoisotopic (exact) mass is 415 g/mol. The molecule has 8 nitrogen and oxygen atoms in total. The summed E-state index contributed by atoms with van der Waals surface area (Å²) in [6.45, 7) is 0.00871. The molecule has 0 spiro atoms. The lowest BCUT2D eigenvalue weighted by Crippen LogP contribution is -2.14. The van der Waals surface area contributed by atoms with Crippen LogP contribution in [0.15, 0.2) is 59.5 Å². The lowest BCUT2D eigenvalue weighted by Gasteiger charge is -2.09. The molecular formula is C19H12F3N5O3. The number of nitrogens with zero attached hydrogens (tertiary/aromatic N) is 4. The Morgan fingerprint density at radius 1 is 1.10 bits per heavy atom. The molecule has 4 aromatic rings. The van der Waals surface area contributed by atoms with Crippen LogP contribution < -0.4 is 5.32 Å². The zero-order chi connectivity index (χ0) is 21.1. The van der Waals surface area contributed by atoms with Crippen LogP contribution in [-0.4, -0.2) is 26.2 Å². The van der Waals surface area contributed by atoms with Crippen molar-refractivity contribution in [3.05, 3.63) is 66.4 Å². The molecule has 0 aliphatic heterocycles. The summed E-state index contributed by atoms with van der Waals surface area (Å²) in [5.41, 5.74) is 1.07. The number of nitrogens with one attached hydrogen (secondary N) is 1. The zero-order valence-electron chi connectivity index (χ0n) is 15.1. The standard InChI is InChI=1S/C19H12F3N5O3/c20-19(21,22)17-26-16(27-30-17)15-6-5-13(9-24-15)25-18(28)29-10-12-8-23-7-11-3-1-2-4-14(11)12/h1-9H,10H2,(H,25,28). The van der Waals surface area contributed by atoms with Crippen LogP contribution in [-0.2, 0) is 17.5 Å². The summed E-state index contributed by atoms with van der Waals surface area (Å²) >= 11 is 0. The number of fused-ring (bicyclic) bond motifs is 1. The molecule has 0 saturated carbocycles. The molecule has 0 aliphatic rings. The minimum atomic E-state index is -4.74. The largest absolute Gasteiger partial charge is 0.471 e. The second kappa shape index (κ2) is 7.78. The number of rotatable bonds is 4. The van der Waals surface area contributed by atoms with Crippen LogP contribution >= 0.6 is 0 Å². The smallest absolute Gasteiger partial charge is 0.444 e. The molecule has 0 unspecified atom stereocenters.